The van der Waals surface area contributed by atoms with E-state index in [0.717, 1.165) is 19.3 Å². The Labute approximate surface area is 144 Å². The number of nitrogens with one attached hydrogen (secondary N) is 2. The Kier molecular flexibility index (Phi) is 4.43. The summed E-state index contributed by atoms with van der Waals surface area (Å²) in [6.07, 6.45) is 5.02. The number of fused-ring (bicyclic) bond motifs is 2. The summed E-state index contributed by atoms with van der Waals surface area (Å²) >= 11 is 0. The van der Waals surface area contributed by atoms with Crippen LogP contribution in [-0.2, 0) is 4.74 Å². The minimum atomic E-state index is -0.315. The number of carbonyl (C=O) groups excluding carboxylic acids is 2. The highest BCUT2D eigenvalue weighted by Crippen LogP contribution is 2.65. The van der Waals surface area contributed by atoms with Crippen molar-refractivity contribution in [2.45, 2.75) is 65.0 Å². The van der Waals surface area contributed by atoms with Gasteiger partial charge < -0.3 is 20.3 Å². The van der Waals surface area contributed by atoms with Crippen LogP contribution < -0.4 is 10.6 Å². The summed E-state index contributed by atoms with van der Waals surface area (Å²) in [5.74, 6) is 0.706. The van der Waals surface area contributed by atoms with Crippen molar-refractivity contribution in [3.8, 4) is 0 Å². The maximum absolute atomic E-state index is 12.5. The number of amides is 3. The molecule has 6 nitrogen and oxygen atoms in total. The molecule has 0 aromatic heterocycles. The summed E-state index contributed by atoms with van der Waals surface area (Å²) in [5.41, 5.74) is 0.469. The molecule has 4 atom stereocenters. The van der Waals surface area contributed by atoms with Crippen LogP contribution in [0, 0.1) is 16.7 Å². The predicted molar refractivity (Wildman–Crippen MR) is 91.7 cm³/mol. The standard InChI is InChI=1S/C18H31N3O3/c1-17(2)12-7-8-18(17,3)14(10-12)20-15(22)19-13-6-5-9-21(11-13)16(23)24-4/h12-14H,5-11H2,1-4H3,(H2,19,20,22)/t12-,13+,14-,18+/m0/s1. The summed E-state index contributed by atoms with van der Waals surface area (Å²) in [6, 6.07) is 0.144. The van der Waals surface area contributed by atoms with Gasteiger partial charge in [-0.1, -0.05) is 20.8 Å². The van der Waals surface area contributed by atoms with Gasteiger partial charge in [-0.05, 0) is 48.9 Å². The summed E-state index contributed by atoms with van der Waals surface area (Å²) < 4.78 is 4.78. The van der Waals surface area contributed by atoms with Gasteiger partial charge in [0, 0.05) is 25.2 Å². The number of likely N-dealkylation sites (tertiary alicyclic amines) is 1. The van der Waals surface area contributed by atoms with E-state index in [-0.39, 0.29) is 35.0 Å². The van der Waals surface area contributed by atoms with Crippen LogP contribution in [0.3, 0.4) is 0 Å². The molecule has 1 aliphatic heterocycles. The van der Waals surface area contributed by atoms with Crippen LogP contribution in [0.25, 0.3) is 0 Å². The van der Waals surface area contributed by atoms with Crippen LogP contribution in [-0.4, -0.2) is 49.3 Å². The maximum Gasteiger partial charge on any atom is 0.409 e. The van der Waals surface area contributed by atoms with Crippen molar-refractivity contribution in [3.63, 3.8) is 0 Å². The van der Waals surface area contributed by atoms with Gasteiger partial charge in [0.2, 0.25) is 0 Å². The molecule has 6 heteroatoms. The van der Waals surface area contributed by atoms with Gasteiger partial charge in [-0.3, -0.25) is 0 Å². The number of methoxy groups -OCH3 is 1. The lowest BCUT2D eigenvalue weighted by atomic mass is 9.69. The lowest BCUT2D eigenvalue weighted by molar-refractivity contribution is 0.106. The van der Waals surface area contributed by atoms with Crippen molar-refractivity contribution in [1.82, 2.24) is 15.5 Å². The van der Waals surface area contributed by atoms with Gasteiger partial charge in [-0.15, -0.1) is 0 Å². The van der Waals surface area contributed by atoms with E-state index in [1.54, 1.807) is 4.90 Å². The highest BCUT2D eigenvalue weighted by Gasteiger charge is 2.61. The summed E-state index contributed by atoms with van der Waals surface area (Å²) in [7, 11) is 1.39. The van der Waals surface area contributed by atoms with Gasteiger partial charge >= 0.3 is 12.1 Å². The summed E-state index contributed by atoms with van der Waals surface area (Å²) in [5, 5.41) is 6.29. The summed E-state index contributed by atoms with van der Waals surface area (Å²) in [4.78, 5) is 25.8. The molecule has 2 N–H and O–H groups in total. The lowest BCUT2D eigenvalue weighted by Crippen LogP contribution is -2.55. The van der Waals surface area contributed by atoms with Crippen LogP contribution in [0.5, 0.6) is 0 Å². The molecule has 136 valence electrons. The van der Waals surface area contributed by atoms with Crippen LogP contribution in [0.2, 0.25) is 0 Å². The number of carbonyl (C=O) groups is 2. The molecule has 1 heterocycles. The number of ether oxygens (including phenoxy) is 1. The zero-order valence-corrected chi connectivity index (χ0v) is 15.4. The third kappa shape index (κ3) is 2.74. The van der Waals surface area contributed by atoms with E-state index >= 15 is 0 Å². The quantitative estimate of drug-likeness (QED) is 0.814. The smallest absolute Gasteiger partial charge is 0.409 e. The first-order chi connectivity index (χ1) is 11.3. The van der Waals surface area contributed by atoms with E-state index in [2.05, 4.69) is 31.4 Å². The van der Waals surface area contributed by atoms with Gasteiger partial charge in [-0.2, -0.15) is 0 Å². The first-order valence-corrected chi connectivity index (χ1v) is 9.18. The maximum atomic E-state index is 12.5. The Bertz CT molecular complexity index is 522. The van der Waals surface area contributed by atoms with E-state index < -0.39 is 0 Å². The molecule has 24 heavy (non-hydrogen) atoms. The number of rotatable bonds is 2. The zero-order chi connectivity index (χ0) is 17.5. The fourth-order valence-corrected chi connectivity index (χ4v) is 5.20. The SMILES string of the molecule is COC(=O)N1CCC[C@@H](NC(=O)N[C@H]2C[C@@H]3CC[C@@]2(C)C3(C)C)C1. The fraction of sp³-hybridized carbons (Fsp3) is 0.889. The zero-order valence-electron chi connectivity index (χ0n) is 15.4. The molecule has 2 aliphatic carbocycles. The van der Waals surface area contributed by atoms with Gasteiger partial charge in [0.1, 0.15) is 0 Å². The molecule has 0 spiro atoms. The molecular weight excluding hydrogens is 306 g/mol. The van der Waals surface area contributed by atoms with Crippen molar-refractivity contribution >= 4 is 12.1 Å². The molecule has 0 aromatic rings. The molecule has 2 bridgehead atoms. The number of urea groups is 1. The predicted octanol–water partition coefficient (Wildman–Crippen LogP) is 2.73. The minimum Gasteiger partial charge on any atom is -0.453 e. The van der Waals surface area contributed by atoms with Crippen LogP contribution in [0.15, 0.2) is 0 Å². The lowest BCUT2D eigenvalue weighted by Gasteiger charge is -2.40. The molecule has 2 saturated carbocycles. The number of hydrogen-bond acceptors (Lipinski definition) is 3. The molecule has 3 rings (SSSR count). The van der Waals surface area contributed by atoms with Crippen molar-refractivity contribution in [1.29, 1.82) is 0 Å². The van der Waals surface area contributed by atoms with Gasteiger partial charge in [0.25, 0.3) is 0 Å². The minimum absolute atomic E-state index is 0.00254. The number of hydrogen-bond donors (Lipinski definition) is 2. The second-order valence-electron chi connectivity index (χ2n) is 8.54. The Morgan fingerprint density at radius 1 is 1.17 bits per heavy atom. The molecule has 3 aliphatic rings. The fourth-order valence-electron chi connectivity index (χ4n) is 5.20. The second kappa shape index (κ2) is 6.12. The normalized spacial score (nSPS) is 37.2. The molecule has 0 aromatic carbocycles. The molecular formula is C18H31N3O3. The Hall–Kier alpha value is -1.46. The molecule has 3 amide bonds. The van der Waals surface area contributed by atoms with Crippen LogP contribution in [0.1, 0.15) is 52.9 Å². The van der Waals surface area contributed by atoms with Crippen molar-refractivity contribution in [3.05, 3.63) is 0 Å². The topological polar surface area (TPSA) is 70.7 Å². The summed E-state index contributed by atoms with van der Waals surface area (Å²) in [6.45, 7) is 8.24. The third-order valence-electron chi connectivity index (χ3n) is 7.29. The molecule has 3 fully saturated rings. The average Bonchev–Trinajstić information content (AvgIpc) is 2.87. The Morgan fingerprint density at radius 2 is 1.92 bits per heavy atom. The average molecular weight is 337 g/mol. The van der Waals surface area contributed by atoms with E-state index in [9.17, 15) is 9.59 Å². The van der Waals surface area contributed by atoms with E-state index in [4.69, 9.17) is 4.74 Å². The number of piperidine rings is 1. The first-order valence-electron chi connectivity index (χ1n) is 9.18. The monoisotopic (exact) mass is 337 g/mol. The van der Waals surface area contributed by atoms with Crippen molar-refractivity contribution in [2.24, 2.45) is 16.7 Å². The van der Waals surface area contributed by atoms with Crippen molar-refractivity contribution < 1.29 is 14.3 Å². The highest BCUT2D eigenvalue weighted by molar-refractivity contribution is 5.75. The number of nitrogens with zero attached hydrogens (tertiary/aromatic N) is 1. The van der Waals surface area contributed by atoms with E-state index in [0.29, 0.717) is 19.0 Å². The second-order valence-corrected chi connectivity index (χ2v) is 8.54. The van der Waals surface area contributed by atoms with Crippen LogP contribution >= 0.6 is 0 Å². The van der Waals surface area contributed by atoms with E-state index in [1.807, 2.05) is 0 Å². The third-order valence-corrected chi connectivity index (χ3v) is 7.29. The van der Waals surface area contributed by atoms with Crippen LogP contribution in [0.4, 0.5) is 9.59 Å². The molecule has 0 radical (unpaired) electrons. The molecule has 0 unspecified atom stereocenters. The van der Waals surface area contributed by atoms with Gasteiger partial charge in [0.05, 0.1) is 7.11 Å². The largest absolute Gasteiger partial charge is 0.453 e. The van der Waals surface area contributed by atoms with Crippen molar-refractivity contribution in [2.75, 3.05) is 20.2 Å². The van der Waals surface area contributed by atoms with E-state index in [1.165, 1.54) is 20.0 Å². The molecule has 1 saturated heterocycles. The van der Waals surface area contributed by atoms with Gasteiger partial charge in [-0.25, -0.2) is 9.59 Å². The Morgan fingerprint density at radius 3 is 2.50 bits per heavy atom. The highest BCUT2D eigenvalue weighted by atomic mass is 16.5. The Balaban J connectivity index is 1.54. The van der Waals surface area contributed by atoms with Gasteiger partial charge in [0.15, 0.2) is 0 Å². The first kappa shape index (κ1) is 17.4.